The zero-order valence-electron chi connectivity index (χ0n) is 16.2. The van der Waals surface area contributed by atoms with Gasteiger partial charge in [-0.1, -0.05) is 36.4 Å². The molecule has 0 fully saturated rings. The molecule has 0 radical (unpaired) electrons. The minimum atomic E-state index is -3.80. The van der Waals surface area contributed by atoms with E-state index in [9.17, 15) is 9.36 Å². The molecule has 0 atom stereocenters. The highest BCUT2D eigenvalue weighted by atomic mass is 31.2. The predicted octanol–water partition coefficient (Wildman–Crippen LogP) is 5.59. The van der Waals surface area contributed by atoms with Crippen LogP contribution in [-0.4, -0.2) is 12.6 Å². The summed E-state index contributed by atoms with van der Waals surface area (Å²) in [6.45, 7) is 1.96. The number of hydrogen-bond donors (Lipinski definition) is 0. The predicted molar refractivity (Wildman–Crippen MR) is 114 cm³/mol. The van der Waals surface area contributed by atoms with Gasteiger partial charge in [0, 0.05) is 5.39 Å². The number of para-hydroxylation sites is 2. The van der Waals surface area contributed by atoms with Gasteiger partial charge in [0.25, 0.3) is 0 Å². The van der Waals surface area contributed by atoms with Crippen molar-refractivity contribution in [1.29, 1.82) is 0 Å². The third-order valence-electron chi connectivity index (χ3n) is 4.23. The number of esters is 1. The molecule has 0 aliphatic carbocycles. The van der Waals surface area contributed by atoms with E-state index in [1.54, 1.807) is 79.7 Å². The van der Waals surface area contributed by atoms with Crippen LogP contribution in [0.2, 0.25) is 0 Å². The normalized spacial score (nSPS) is 11.2. The van der Waals surface area contributed by atoms with Crippen LogP contribution >= 0.6 is 7.60 Å². The topological polar surface area (TPSA) is 75.0 Å². The number of benzene rings is 3. The van der Waals surface area contributed by atoms with E-state index in [1.807, 2.05) is 12.1 Å². The van der Waals surface area contributed by atoms with Gasteiger partial charge in [-0.15, -0.1) is 0 Å². The van der Waals surface area contributed by atoms with Crippen molar-refractivity contribution in [1.82, 2.24) is 0 Å². The maximum Gasteiger partial charge on any atom is 0.462 e. The average Bonchev–Trinajstić information content (AvgIpc) is 3.19. The molecule has 0 aliphatic heterocycles. The molecule has 0 amide bonds. The Morgan fingerprint density at radius 3 is 2.03 bits per heavy atom. The fourth-order valence-electron chi connectivity index (χ4n) is 2.87. The van der Waals surface area contributed by atoms with Crippen molar-refractivity contribution in [3.63, 3.8) is 0 Å². The summed E-state index contributed by atoms with van der Waals surface area (Å²) in [7, 11) is -3.80. The smallest absolute Gasteiger partial charge is 0.460 e. The molecular formula is C23H19O6P. The minimum Gasteiger partial charge on any atom is -0.460 e. The summed E-state index contributed by atoms with van der Waals surface area (Å²) >= 11 is 0. The van der Waals surface area contributed by atoms with Gasteiger partial charge >= 0.3 is 13.6 Å². The molecular weight excluding hydrogens is 403 g/mol. The molecule has 0 unspecified atom stereocenters. The molecule has 1 aromatic heterocycles. The maximum absolute atomic E-state index is 13.9. The van der Waals surface area contributed by atoms with Gasteiger partial charge in [-0.3, -0.25) is 0 Å². The molecule has 0 aliphatic rings. The van der Waals surface area contributed by atoms with Crippen LogP contribution in [0.4, 0.5) is 0 Å². The largest absolute Gasteiger partial charge is 0.462 e. The monoisotopic (exact) mass is 422 g/mol. The van der Waals surface area contributed by atoms with E-state index < -0.39 is 13.6 Å². The first kappa shape index (κ1) is 19.8. The van der Waals surface area contributed by atoms with Gasteiger partial charge in [0.2, 0.25) is 5.76 Å². The van der Waals surface area contributed by atoms with Gasteiger partial charge in [0.15, 0.2) is 0 Å². The van der Waals surface area contributed by atoms with E-state index in [2.05, 4.69) is 0 Å². The molecule has 0 saturated carbocycles. The third kappa shape index (κ3) is 4.24. The van der Waals surface area contributed by atoms with E-state index in [0.29, 0.717) is 27.8 Å². The minimum absolute atomic E-state index is 0.0757. The van der Waals surface area contributed by atoms with Crippen molar-refractivity contribution in [2.75, 3.05) is 6.61 Å². The second-order valence-electron chi connectivity index (χ2n) is 6.36. The number of carbonyl (C=O) groups is 1. The van der Waals surface area contributed by atoms with Crippen LogP contribution in [0.1, 0.15) is 17.5 Å². The highest BCUT2D eigenvalue weighted by Crippen LogP contribution is 2.48. The summed E-state index contributed by atoms with van der Waals surface area (Å²) in [6, 6.07) is 24.0. The first-order valence-electron chi connectivity index (χ1n) is 9.38. The summed E-state index contributed by atoms with van der Waals surface area (Å²) in [5.74, 6) is 0.346. The third-order valence-corrected chi connectivity index (χ3v) is 6.04. The van der Waals surface area contributed by atoms with Crippen molar-refractivity contribution in [3.8, 4) is 11.5 Å². The zero-order chi connectivity index (χ0) is 21.0. The van der Waals surface area contributed by atoms with E-state index in [4.69, 9.17) is 18.2 Å². The van der Waals surface area contributed by atoms with Gasteiger partial charge in [0.05, 0.1) is 11.9 Å². The number of ether oxygens (including phenoxy) is 1. The van der Waals surface area contributed by atoms with Crippen LogP contribution in [0, 0.1) is 0 Å². The molecule has 30 heavy (non-hydrogen) atoms. The molecule has 0 bridgehead atoms. The summed E-state index contributed by atoms with van der Waals surface area (Å²) in [6.07, 6.45) is 0. The lowest BCUT2D eigenvalue weighted by Gasteiger charge is -2.20. The molecule has 4 aromatic rings. The first-order valence-corrected chi connectivity index (χ1v) is 10.9. The van der Waals surface area contributed by atoms with Crippen LogP contribution in [0.15, 0.2) is 89.3 Å². The van der Waals surface area contributed by atoms with Crippen molar-refractivity contribution >= 4 is 29.8 Å². The van der Waals surface area contributed by atoms with Crippen LogP contribution < -0.4 is 14.4 Å². The van der Waals surface area contributed by atoms with Gasteiger partial charge in [0.1, 0.15) is 17.1 Å². The first-order chi connectivity index (χ1) is 14.6. The molecule has 0 saturated heterocycles. The lowest BCUT2D eigenvalue weighted by atomic mass is 10.2. The van der Waals surface area contributed by atoms with Crippen molar-refractivity contribution in [2.24, 2.45) is 0 Å². The van der Waals surface area contributed by atoms with Crippen LogP contribution in [-0.2, 0) is 9.30 Å². The Balaban J connectivity index is 1.74. The Labute approximate surface area is 173 Å². The molecule has 1 heterocycles. The van der Waals surface area contributed by atoms with E-state index >= 15 is 0 Å². The average molecular weight is 422 g/mol. The quantitative estimate of drug-likeness (QED) is 0.286. The van der Waals surface area contributed by atoms with Gasteiger partial charge < -0.3 is 18.2 Å². The lowest BCUT2D eigenvalue weighted by Crippen LogP contribution is -2.14. The molecule has 7 heteroatoms. The maximum atomic E-state index is 13.9. The second-order valence-corrected chi connectivity index (χ2v) is 8.24. The highest BCUT2D eigenvalue weighted by molar-refractivity contribution is 7.63. The standard InChI is InChI=1S/C23H19O6P/c1-2-26-23(24)22-16-17-15-20(13-14-21(17)27-22)30(25,28-18-9-5-3-6-10-18)29-19-11-7-4-8-12-19/h3-16H,2H2,1H3. The van der Waals surface area contributed by atoms with Gasteiger partial charge in [-0.05, 0) is 55.5 Å². The molecule has 3 aromatic carbocycles. The Kier molecular flexibility index (Phi) is 5.59. The summed E-state index contributed by atoms with van der Waals surface area (Å²) in [5, 5.41) is 0.919. The Hall–Kier alpha value is -3.50. The number of furan rings is 1. The van der Waals surface area contributed by atoms with Gasteiger partial charge in [-0.25, -0.2) is 9.36 Å². The number of rotatable bonds is 7. The second kappa shape index (κ2) is 8.47. The van der Waals surface area contributed by atoms with E-state index in [-0.39, 0.29) is 12.4 Å². The molecule has 0 spiro atoms. The molecule has 0 N–H and O–H groups in total. The number of hydrogen-bond acceptors (Lipinski definition) is 6. The Morgan fingerprint density at radius 2 is 1.47 bits per heavy atom. The van der Waals surface area contributed by atoms with Crippen molar-refractivity contribution in [3.05, 3.63) is 90.7 Å². The summed E-state index contributed by atoms with van der Waals surface area (Å²) in [5.41, 5.74) is 0.466. The Bertz CT molecular complexity index is 1150. The van der Waals surface area contributed by atoms with E-state index in [1.165, 1.54) is 0 Å². The molecule has 6 nitrogen and oxygen atoms in total. The van der Waals surface area contributed by atoms with Crippen LogP contribution in [0.5, 0.6) is 11.5 Å². The fraction of sp³-hybridized carbons (Fsp3) is 0.0870. The molecule has 4 rings (SSSR count). The summed E-state index contributed by atoms with van der Waals surface area (Å²) in [4.78, 5) is 12.0. The van der Waals surface area contributed by atoms with Crippen molar-refractivity contribution in [2.45, 2.75) is 6.92 Å². The summed E-state index contributed by atoms with van der Waals surface area (Å²) < 4.78 is 36.1. The van der Waals surface area contributed by atoms with E-state index in [0.717, 1.165) is 0 Å². The molecule has 152 valence electrons. The van der Waals surface area contributed by atoms with Crippen LogP contribution in [0.3, 0.4) is 0 Å². The van der Waals surface area contributed by atoms with Crippen LogP contribution in [0.25, 0.3) is 11.0 Å². The number of carbonyl (C=O) groups excluding carboxylic acids is 1. The number of fused-ring (bicyclic) bond motifs is 1. The van der Waals surface area contributed by atoms with Gasteiger partial charge in [-0.2, -0.15) is 0 Å². The highest BCUT2D eigenvalue weighted by Gasteiger charge is 2.32. The fourth-order valence-corrected chi connectivity index (χ4v) is 4.47. The Morgan fingerprint density at radius 1 is 0.867 bits per heavy atom. The van der Waals surface area contributed by atoms with Crippen molar-refractivity contribution < 1.29 is 27.6 Å². The zero-order valence-corrected chi connectivity index (χ0v) is 17.1. The lowest BCUT2D eigenvalue weighted by molar-refractivity contribution is 0.0492. The SMILES string of the molecule is CCOC(=O)c1cc2cc(P(=O)(Oc3ccccc3)Oc3ccccc3)ccc2o1.